The van der Waals surface area contributed by atoms with Gasteiger partial charge in [0.1, 0.15) is 17.7 Å². The van der Waals surface area contributed by atoms with Crippen molar-refractivity contribution in [3.63, 3.8) is 0 Å². The lowest BCUT2D eigenvalue weighted by molar-refractivity contribution is 0.0754. The molecule has 1 atom stereocenters. The van der Waals surface area contributed by atoms with Gasteiger partial charge in [-0.05, 0) is 42.7 Å². The number of nitrogens with one attached hydrogen (secondary N) is 1. The highest BCUT2D eigenvalue weighted by atomic mass is 32.1. The SMILES string of the molecule is CNCC[C@H](Oc1ccc(CN2CCN(C)c3cc(N(C)C)ncc3C2=O)cc1)c1cccs1. The Bertz CT molecular complexity index is 1090. The minimum atomic E-state index is 0.0160. The number of carbonyl (C=O) groups excluding carboxylic acids is 1. The van der Waals surface area contributed by atoms with Crippen molar-refractivity contribution in [3.05, 3.63) is 70.0 Å². The van der Waals surface area contributed by atoms with Gasteiger partial charge in [0, 0.05) is 64.3 Å². The summed E-state index contributed by atoms with van der Waals surface area (Å²) in [4.78, 5) is 25.0. The van der Waals surface area contributed by atoms with Crippen LogP contribution in [-0.4, -0.2) is 63.6 Å². The van der Waals surface area contributed by atoms with Crippen molar-refractivity contribution in [2.45, 2.75) is 19.1 Å². The number of hydrogen-bond acceptors (Lipinski definition) is 7. The summed E-state index contributed by atoms with van der Waals surface area (Å²) < 4.78 is 6.31. The van der Waals surface area contributed by atoms with Gasteiger partial charge in [-0.25, -0.2) is 4.98 Å². The van der Waals surface area contributed by atoms with Crippen LogP contribution in [0.3, 0.4) is 0 Å². The van der Waals surface area contributed by atoms with Crippen LogP contribution in [0.15, 0.2) is 54.0 Å². The number of amides is 1. The molecule has 0 spiro atoms. The molecular weight excluding hydrogens is 446 g/mol. The van der Waals surface area contributed by atoms with Crippen molar-refractivity contribution in [2.24, 2.45) is 0 Å². The zero-order valence-corrected chi connectivity index (χ0v) is 21.1. The third-order valence-electron chi connectivity index (χ3n) is 6.05. The van der Waals surface area contributed by atoms with E-state index in [-0.39, 0.29) is 12.0 Å². The average Bonchev–Trinajstić information content (AvgIpc) is 3.35. The molecule has 0 unspecified atom stereocenters. The predicted molar refractivity (Wildman–Crippen MR) is 139 cm³/mol. The lowest BCUT2D eigenvalue weighted by Crippen LogP contribution is -2.33. The molecule has 2 aromatic heterocycles. The van der Waals surface area contributed by atoms with Gasteiger partial charge in [0.15, 0.2) is 0 Å². The molecule has 1 aromatic carbocycles. The van der Waals surface area contributed by atoms with Crippen LogP contribution in [-0.2, 0) is 6.54 Å². The van der Waals surface area contributed by atoms with E-state index in [0.717, 1.165) is 42.3 Å². The fraction of sp³-hybridized carbons (Fsp3) is 0.385. The summed E-state index contributed by atoms with van der Waals surface area (Å²) in [6.45, 7) is 2.86. The third kappa shape index (κ3) is 5.51. The summed E-state index contributed by atoms with van der Waals surface area (Å²) in [5.41, 5.74) is 2.65. The van der Waals surface area contributed by atoms with E-state index in [1.807, 2.05) is 56.2 Å². The standard InChI is InChI=1S/C26H33N5O2S/c1-27-12-11-23(24-6-5-15-34-24)33-20-9-7-19(8-10-20)18-31-14-13-30(4)22-16-25(29(2)3)28-17-21(22)26(31)32/h5-10,15-17,23,27H,11-14,18H2,1-4H3/t23-/m0/s1. The molecule has 0 bridgehead atoms. The molecule has 1 aliphatic rings. The second-order valence-electron chi connectivity index (χ2n) is 8.76. The van der Waals surface area contributed by atoms with Gasteiger partial charge in [0.25, 0.3) is 5.91 Å². The summed E-state index contributed by atoms with van der Waals surface area (Å²) >= 11 is 1.72. The van der Waals surface area contributed by atoms with E-state index in [2.05, 4.69) is 44.8 Å². The molecular formula is C26H33N5O2S. The summed E-state index contributed by atoms with van der Waals surface area (Å²) in [6, 6.07) is 14.3. The number of nitrogens with zero attached hydrogens (tertiary/aromatic N) is 4. The number of carbonyl (C=O) groups is 1. The van der Waals surface area contributed by atoms with Crippen LogP contribution in [0.2, 0.25) is 0 Å². The third-order valence-corrected chi connectivity index (χ3v) is 7.02. The maximum atomic E-state index is 13.3. The quantitative estimate of drug-likeness (QED) is 0.500. The molecule has 4 rings (SSSR count). The molecule has 1 N–H and O–H groups in total. The molecule has 1 aliphatic heterocycles. The summed E-state index contributed by atoms with van der Waals surface area (Å²) in [6.07, 6.45) is 2.63. The van der Waals surface area contributed by atoms with Gasteiger partial charge in [-0.15, -0.1) is 11.3 Å². The van der Waals surface area contributed by atoms with E-state index >= 15 is 0 Å². The normalized spacial score (nSPS) is 14.5. The average molecular weight is 480 g/mol. The van der Waals surface area contributed by atoms with Crippen molar-refractivity contribution < 1.29 is 9.53 Å². The van der Waals surface area contributed by atoms with Crippen LogP contribution in [0.25, 0.3) is 0 Å². The Hall–Kier alpha value is -3.10. The molecule has 3 heterocycles. The van der Waals surface area contributed by atoms with Crippen LogP contribution in [0.5, 0.6) is 5.75 Å². The van der Waals surface area contributed by atoms with Crippen LogP contribution in [0.1, 0.15) is 33.3 Å². The molecule has 0 saturated carbocycles. The van der Waals surface area contributed by atoms with E-state index in [9.17, 15) is 4.79 Å². The highest BCUT2D eigenvalue weighted by Crippen LogP contribution is 2.30. The minimum Gasteiger partial charge on any atom is -0.485 e. The number of hydrogen-bond donors (Lipinski definition) is 1. The zero-order valence-electron chi connectivity index (χ0n) is 20.3. The first-order chi connectivity index (χ1) is 16.5. The van der Waals surface area contributed by atoms with Crippen LogP contribution >= 0.6 is 11.3 Å². The smallest absolute Gasteiger partial charge is 0.257 e. The van der Waals surface area contributed by atoms with Gasteiger partial charge in [-0.2, -0.15) is 0 Å². The first-order valence-corrected chi connectivity index (χ1v) is 12.5. The molecule has 0 fully saturated rings. The zero-order chi connectivity index (χ0) is 24.1. The Balaban J connectivity index is 1.46. The molecule has 1 amide bonds. The van der Waals surface area contributed by atoms with Gasteiger partial charge < -0.3 is 24.8 Å². The molecule has 0 radical (unpaired) electrons. The molecule has 7 nitrogen and oxygen atoms in total. The van der Waals surface area contributed by atoms with Crippen LogP contribution in [0.4, 0.5) is 11.5 Å². The van der Waals surface area contributed by atoms with Crippen LogP contribution < -0.4 is 19.9 Å². The van der Waals surface area contributed by atoms with Gasteiger partial charge >= 0.3 is 0 Å². The fourth-order valence-electron chi connectivity index (χ4n) is 4.04. The first-order valence-electron chi connectivity index (χ1n) is 11.6. The molecule has 34 heavy (non-hydrogen) atoms. The second kappa shape index (κ2) is 10.9. The number of rotatable bonds is 9. The van der Waals surface area contributed by atoms with Crippen LogP contribution in [0, 0.1) is 0 Å². The number of pyridine rings is 1. The topological polar surface area (TPSA) is 60.9 Å². The van der Waals surface area contributed by atoms with Crippen molar-refractivity contribution in [2.75, 3.05) is 57.6 Å². The molecule has 0 saturated heterocycles. The highest BCUT2D eigenvalue weighted by Gasteiger charge is 2.26. The number of ether oxygens (including phenoxy) is 1. The Labute approximate surface area is 206 Å². The van der Waals surface area contributed by atoms with Gasteiger partial charge in [-0.3, -0.25) is 4.79 Å². The first kappa shape index (κ1) is 24.0. The van der Waals surface area contributed by atoms with Gasteiger partial charge in [-0.1, -0.05) is 18.2 Å². The lowest BCUT2D eigenvalue weighted by Gasteiger charge is -2.22. The largest absolute Gasteiger partial charge is 0.485 e. The fourth-order valence-corrected chi connectivity index (χ4v) is 4.83. The summed E-state index contributed by atoms with van der Waals surface area (Å²) in [5, 5.41) is 5.29. The number of anilines is 2. The van der Waals surface area contributed by atoms with Gasteiger partial charge in [0.05, 0.1) is 11.3 Å². The number of thiophene rings is 1. The van der Waals surface area contributed by atoms with Crippen molar-refractivity contribution >= 4 is 28.7 Å². The minimum absolute atomic E-state index is 0.0160. The monoisotopic (exact) mass is 479 g/mol. The molecule has 0 aliphatic carbocycles. The number of benzene rings is 1. The van der Waals surface area contributed by atoms with E-state index in [1.165, 1.54) is 4.88 Å². The van der Waals surface area contributed by atoms with E-state index in [1.54, 1.807) is 17.5 Å². The summed E-state index contributed by atoms with van der Waals surface area (Å²) in [5.74, 6) is 1.70. The predicted octanol–water partition coefficient (Wildman–Crippen LogP) is 4.03. The second-order valence-corrected chi connectivity index (χ2v) is 9.74. The van der Waals surface area contributed by atoms with Crippen molar-refractivity contribution in [3.8, 4) is 5.75 Å². The van der Waals surface area contributed by atoms with E-state index in [4.69, 9.17) is 4.74 Å². The Morgan fingerprint density at radius 3 is 2.68 bits per heavy atom. The summed E-state index contributed by atoms with van der Waals surface area (Å²) in [7, 11) is 7.89. The maximum Gasteiger partial charge on any atom is 0.257 e. The van der Waals surface area contributed by atoms with E-state index < -0.39 is 0 Å². The highest BCUT2D eigenvalue weighted by molar-refractivity contribution is 7.10. The number of aromatic nitrogens is 1. The molecule has 8 heteroatoms. The van der Waals surface area contributed by atoms with Crippen molar-refractivity contribution in [1.82, 2.24) is 15.2 Å². The van der Waals surface area contributed by atoms with E-state index in [0.29, 0.717) is 18.7 Å². The lowest BCUT2D eigenvalue weighted by atomic mass is 10.1. The Kier molecular flexibility index (Phi) is 7.70. The number of likely N-dealkylation sites (N-methyl/N-ethyl adjacent to an activating group) is 1. The molecule has 180 valence electrons. The Morgan fingerprint density at radius 1 is 1.21 bits per heavy atom. The van der Waals surface area contributed by atoms with Gasteiger partial charge in [0.2, 0.25) is 0 Å². The van der Waals surface area contributed by atoms with Crippen molar-refractivity contribution in [1.29, 1.82) is 0 Å². The maximum absolute atomic E-state index is 13.3. The molecule has 3 aromatic rings. The Morgan fingerprint density at radius 2 is 2.00 bits per heavy atom. The number of fused-ring (bicyclic) bond motifs is 1.